The number of non-ortho nitro benzene ring substituents is 1. The van der Waals surface area contributed by atoms with Crippen LogP contribution >= 0.6 is 45.8 Å². The van der Waals surface area contributed by atoms with Crippen molar-refractivity contribution in [1.82, 2.24) is 5.32 Å². The highest BCUT2D eigenvalue weighted by atomic mass is 127. The first-order chi connectivity index (χ1) is 22.0. The highest BCUT2D eigenvalue weighted by Gasteiger charge is 2.37. The van der Waals surface area contributed by atoms with Gasteiger partial charge in [-0.3, -0.25) is 25.0 Å². The molecule has 4 amide bonds. The van der Waals surface area contributed by atoms with E-state index >= 15 is 0 Å². The van der Waals surface area contributed by atoms with Crippen molar-refractivity contribution in [2.24, 2.45) is 0 Å². The highest BCUT2D eigenvalue weighted by Crippen LogP contribution is 2.36. The predicted molar refractivity (Wildman–Crippen MR) is 179 cm³/mol. The fourth-order valence-electron chi connectivity index (χ4n) is 4.43. The number of benzene rings is 4. The van der Waals surface area contributed by atoms with Gasteiger partial charge in [-0.15, -0.1) is 0 Å². The standard InChI is InChI=1S/C32H22Cl2IN3O8/c1-44-28-14-19(13-27(35)29(28)46-16-18-3-2-4-23(11-18)38(42)43)12-25-30(39)36-32(41)37(31(25)40)22-7-9-24(10-8-22)45-17-20-5-6-21(33)15-26(20)34/h2-15H,16-17H2,1H3,(H,36,39,41)/b25-12+. The van der Waals surface area contributed by atoms with Gasteiger partial charge in [-0.1, -0.05) is 41.4 Å². The van der Waals surface area contributed by atoms with Gasteiger partial charge in [0, 0.05) is 27.7 Å². The molecular weight excluding hydrogens is 752 g/mol. The second-order valence-electron chi connectivity index (χ2n) is 9.73. The molecular formula is C32H22Cl2IN3O8. The van der Waals surface area contributed by atoms with Crippen LogP contribution in [-0.2, 0) is 22.8 Å². The lowest BCUT2D eigenvalue weighted by atomic mass is 10.1. The van der Waals surface area contributed by atoms with E-state index in [1.807, 2.05) is 22.6 Å². The Morgan fingerprint density at radius 2 is 1.72 bits per heavy atom. The fourth-order valence-corrected chi connectivity index (χ4v) is 5.67. The van der Waals surface area contributed by atoms with Gasteiger partial charge in [0.2, 0.25) is 0 Å². The van der Waals surface area contributed by atoms with E-state index < -0.39 is 22.8 Å². The summed E-state index contributed by atoms with van der Waals surface area (Å²) < 4.78 is 17.8. The molecule has 0 spiro atoms. The van der Waals surface area contributed by atoms with E-state index in [1.54, 1.807) is 54.6 Å². The van der Waals surface area contributed by atoms with Crippen LogP contribution in [0.25, 0.3) is 6.08 Å². The minimum absolute atomic E-state index is 0.0329. The summed E-state index contributed by atoms with van der Waals surface area (Å²) in [4.78, 5) is 50.4. The lowest BCUT2D eigenvalue weighted by Gasteiger charge is -2.26. The van der Waals surface area contributed by atoms with Crippen LogP contribution < -0.4 is 24.4 Å². The number of urea groups is 1. The second-order valence-corrected chi connectivity index (χ2v) is 11.7. The van der Waals surface area contributed by atoms with Crippen molar-refractivity contribution in [3.05, 3.63) is 125 Å². The molecule has 0 atom stereocenters. The third-order valence-electron chi connectivity index (χ3n) is 6.67. The molecule has 0 unspecified atom stereocenters. The molecule has 1 N–H and O–H groups in total. The number of halogens is 3. The molecule has 0 aliphatic carbocycles. The third-order valence-corrected chi connectivity index (χ3v) is 8.06. The Hall–Kier alpha value is -4.66. The number of carbonyl (C=O) groups is 3. The number of nitrogens with one attached hydrogen (secondary N) is 1. The molecule has 1 saturated heterocycles. The molecule has 234 valence electrons. The van der Waals surface area contributed by atoms with Gasteiger partial charge >= 0.3 is 6.03 Å². The molecule has 0 bridgehead atoms. The van der Waals surface area contributed by atoms with Gasteiger partial charge in [-0.05, 0) is 88.3 Å². The van der Waals surface area contributed by atoms with E-state index in [-0.39, 0.29) is 30.2 Å². The van der Waals surface area contributed by atoms with E-state index in [0.717, 1.165) is 10.5 Å². The smallest absolute Gasteiger partial charge is 0.335 e. The molecule has 5 rings (SSSR count). The number of ether oxygens (including phenoxy) is 3. The number of anilines is 1. The maximum Gasteiger partial charge on any atom is 0.335 e. The molecule has 1 aliphatic rings. The summed E-state index contributed by atoms with van der Waals surface area (Å²) in [6, 6.07) is 19.7. The molecule has 0 saturated carbocycles. The summed E-state index contributed by atoms with van der Waals surface area (Å²) in [6.45, 7) is 0.200. The second kappa shape index (κ2) is 14.2. The van der Waals surface area contributed by atoms with Gasteiger partial charge in [-0.2, -0.15) is 0 Å². The molecule has 14 heteroatoms. The Morgan fingerprint density at radius 1 is 0.957 bits per heavy atom. The Bertz CT molecular complexity index is 1900. The lowest BCUT2D eigenvalue weighted by molar-refractivity contribution is -0.384. The molecule has 1 aliphatic heterocycles. The van der Waals surface area contributed by atoms with Crippen molar-refractivity contribution in [3.63, 3.8) is 0 Å². The summed E-state index contributed by atoms with van der Waals surface area (Å²) in [5, 5.41) is 14.3. The molecule has 46 heavy (non-hydrogen) atoms. The van der Waals surface area contributed by atoms with Crippen LogP contribution in [0.1, 0.15) is 16.7 Å². The van der Waals surface area contributed by atoms with Crippen LogP contribution in [0, 0.1) is 13.7 Å². The Labute approximate surface area is 285 Å². The van der Waals surface area contributed by atoms with E-state index in [0.29, 0.717) is 42.0 Å². The molecule has 4 aromatic rings. The van der Waals surface area contributed by atoms with Gasteiger partial charge in [-0.25, -0.2) is 9.69 Å². The van der Waals surface area contributed by atoms with Crippen LogP contribution in [0.3, 0.4) is 0 Å². The number of imide groups is 2. The largest absolute Gasteiger partial charge is 0.493 e. The van der Waals surface area contributed by atoms with Crippen LogP contribution in [-0.4, -0.2) is 29.9 Å². The lowest BCUT2D eigenvalue weighted by Crippen LogP contribution is -2.54. The number of barbiturate groups is 1. The third kappa shape index (κ3) is 7.41. The van der Waals surface area contributed by atoms with E-state index in [1.165, 1.54) is 37.5 Å². The van der Waals surface area contributed by atoms with Crippen LogP contribution in [0.2, 0.25) is 10.0 Å². The van der Waals surface area contributed by atoms with E-state index in [4.69, 9.17) is 37.4 Å². The topological polar surface area (TPSA) is 137 Å². The zero-order valence-corrected chi connectivity index (χ0v) is 27.5. The quantitative estimate of drug-likeness (QED) is 0.0582. The van der Waals surface area contributed by atoms with Gasteiger partial charge < -0.3 is 14.2 Å². The van der Waals surface area contributed by atoms with Crippen molar-refractivity contribution in [1.29, 1.82) is 0 Å². The normalized spacial score (nSPS) is 13.9. The molecule has 11 nitrogen and oxygen atoms in total. The van der Waals surface area contributed by atoms with Gasteiger partial charge in [0.15, 0.2) is 11.5 Å². The molecule has 0 radical (unpaired) electrons. The average molecular weight is 774 g/mol. The van der Waals surface area contributed by atoms with Crippen molar-refractivity contribution in [2.45, 2.75) is 13.2 Å². The molecule has 1 fully saturated rings. The Morgan fingerprint density at radius 3 is 2.41 bits per heavy atom. The number of methoxy groups -OCH3 is 1. The van der Waals surface area contributed by atoms with Crippen molar-refractivity contribution in [2.75, 3.05) is 12.0 Å². The number of nitro groups is 1. The zero-order valence-electron chi connectivity index (χ0n) is 23.8. The van der Waals surface area contributed by atoms with Crippen LogP contribution in [0.15, 0.2) is 84.4 Å². The summed E-state index contributed by atoms with van der Waals surface area (Å²) in [5.74, 6) is -0.549. The Kier molecular flexibility index (Phi) is 10.1. The monoisotopic (exact) mass is 773 g/mol. The predicted octanol–water partition coefficient (Wildman–Crippen LogP) is 7.34. The summed E-state index contributed by atoms with van der Waals surface area (Å²) in [7, 11) is 1.43. The van der Waals surface area contributed by atoms with Crippen LogP contribution in [0.5, 0.6) is 17.2 Å². The van der Waals surface area contributed by atoms with Gasteiger partial charge in [0.25, 0.3) is 17.5 Å². The average Bonchev–Trinajstić information content (AvgIpc) is 3.02. The van der Waals surface area contributed by atoms with E-state index in [9.17, 15) is 24.5 Å². The number of nitrogens with zero attached hydrogens (tertiary/aromatic N) is 2. The highest BCUT2D eigenvalue weighted by molar-refractivity contribution is 14.1. The number of nitro benzene ring substituents is 1. The minimum atomic E-state index is -0.897. The van der Waals surface area contributed by atoms with Crippen molar-refractivity contribution in [3.8, 4) is 17.2 Å². The van der Waals surface area contributed by atoms with Crippen molar-refractivity contribution >= 4 is 81.1 Å². The molecule has 4 aromatic carbocycles. The maximum absolute atomic E-state index is 13.5. The van der Waals surface area contributed by atoms with Crippen molar-refractivity contribution < 1.29 is 33.5 Å². The number of carbonyl (C=O) groups excluding carboxylic acids is 3. The molecule has 1 heterocycles. The molecule has 0 aromatic heterocycles. The van der Waals surface area contributed by atoms with Crippen LogP contribution in [0.4, 0.5) is 16.2 Å². The first kappa shape index (κ1) is 32.7. The number of hydrogen-bond acceptors (Lipinski definition) is 8. The summed E-state index contributed by atoms with van der Waals surface area (Å²) >= 11 is 14.2. The minimum Gasteiger partial charge on any atom is -0.493 e. The van der Waals surface area contributed by atoms with Gasteiger partial charge in [0.1, 0.15) is 24.5 Å². The SMILES string of the molecule is COc1cc(/C=C2\C(=O)NC(=O)N(c3ccc(OCc4ccc(Cl)cc4Cl)cc3)C2=O)cc(I)c1OCc1cccc([N+](=O)[O-])c1. The first-order valence-corrected chi connectivity index (χ1v) is 15.2. The summed E-state index contributed by atoms with van der Waals surface area (Å²) in [6.07, 6.45) is 1.35. The first-order valence-electron chi connectivity index (χ1n) is 13.4. The number of hydrogen-bond donors (Lipinski definition) is 1. The fraction of sp³-hybridized carbons (Fsp3) is 0.0938. The number of rotatable bonds is 10. The summed E-state index contributed by atoms with van der Waals surface area (Å²) in [5.41, 5.74) is 1.62. The maximum atomic E-state index is 13.5. The number of amides is 4. The Balaban J connectivity index is 1.33. The van der Waals surface area contributed by atoms with Gasteiger partial charge in [0.05, 0.1) is 21.3 Å². The van der Waals surface area contributed by atoms with E-state index in [2.05, 4.69) is 5.32 Å². The zero-order chi connectivity index (χ0) is 33.0.